The Morgan fingerprint density at radius 3 is 2.46 bits per heavy atom. The van der Waals surface area contributed by atoms with Crippen molar-refractivity contribution in [3.63, 3.8) is 0 Å². The van der Waals surface area contributed by atoms with Crippen LogP contribution in [-0.2, 0) is 14.4 Å². The first-order chi connectivity index (χ1) is 18.7. The Bertz CT molecular complexity index is 1090. The number of unbranched alkanes of at least 4 members (excludes halogenated alkanes) is 2. The van der Waals surface area contributed by atoms with E-state index in [2.05, 4.69) is 6.92 Å². The van der Waals surface area contributed by atoms with E-state index in [-0.39, 0.29) is 37.1 Å². The van der Waals surface area contributed by atoms with Crippen LogP contribution >= 0.6 is 0 Å². The van der Waals surface area contributed by atoms with Crippen LogP contribution < -0.4 is 0 Å². The lowest BCUT2D eigenvalue weighted by Crippen LogP contribution is -2.39. The minimum Gasteiger partial charge on any atom is -0.507 e. The van der Waals surface area contributed by atoms with Gasteiger partial charge in [-0.05, 0) is 56.6 Å². The molecule has 3 rings (SSSR count). The van der Waals surface area contributed by atoms with E-state index in [1.165, 1.54) is 4.90 Å². The third kappa shape index (κ3) is 7.37. The Morgan fingerprint density at radius 2 is 1.82 bits per heavy atom. The summed E-state index contributed by atoms with van der Waals surface area (Å²) in [4.78, 5) is 38.7. The van der Waals surface area contributed by atoms with E-state index in [4.69, 9.17) is 5.11 Å². The Hall–Kier alpha value is -2.97. The number of rotatable bonds is 15. The second-order valence-corrected chi connectivity index (χ2v) is 10.7. The van der Waals surface area contributed by atoms with E-state index in [0.717, 1.165) is 29.6 Å². The molecule has 4 atom stereocenters. The number of allylic oxidation sites excluding steroid dienone is 2. The van der Waals surface area contributed by atoms with Crippen LogP contribution in [-0.4, -0.2) is 62.4 Å². The molecule has 214 valence electrons. The number of amides is 2. The largest absolute Gasteiger partial charge is 0.507 e. The molecule has 1 saturated heterocycles. The summed E-state index contributed by atoms with van der Waals surface area (Å²) >= 11 is 0. The summed E-state index contributed by atoms with van der Waals surface area (Å²) in [5, 5.41) is 40.8. The normalized spacial score (nSPS) is 22.4. The minimum absolute atomic E-state index is 0.0619. The molecule has 1 aliphatic carbocycles. The monoisotopic (exact) mass is 541 g/mol. The predicted octanol–water partition coefficient (Wildman–Crippen LogP) is 4.68. The van der Waals surface area contributed by atoms with Crippen molar-refractivity contribution in [2.75, 3.05) is 13.2 Å². The van der Waals surface area contributed by atoms with Crippen molar-refractivity contribution in [3.8, 4) is 5.75 Å². The number of benzene rings is 1. The molecule has 0 bridgehead atoms. The highest BCUT2D eigenvalue weighted by Gasteiger charge is 2.54. The van der Waals surface area contributed by atoms with Crippen molar-refractivity contribution in [3.05, 3.63) is 46.5 Å². The molecular formula is C31H43NO7. The smallest absolute Gasteiger partial charge is 0.303 e. The van der Waals surface area contributed by atoms with Crippen LogP contribution in [0, 0.1) is 17.8 Å². The highest BCUT2D eigenvalue weighted by molar-refractivity contribution is 6.05. The van der Waals surface area contributed by atoms with Crippen molar-refractivity contribution in [2.24, 2.45) is 17.8 Å². The number of fused-ring (bicyclic) bond motifs is 1. The number of phenols is 1. The second-order valence-electron chi connectivity index (χ2n) is 10.7. The van der Waals surface area contributed by atoms with Gasteiger partial charge in [0.1, 0.15) is 5.75 Å². The highest BCUT2D eigenvalue weighted by Crippen LogP contribution is 2.47. The number of aliphatic carboxylic acids is 1. The zero-order valence-electron chi connectivity index (χ0n) is 23.1. The average Bonchev–Trinajstić information content (AvgIpc) is 3.15. The van der Waals surface area contributed by atoms with Gasteiger partial charge in [0.25, 0.3) is 0 Å². The fraction of sp³-hybridized carbons (Fsp3) is 0.581. The number of likely N-dealkylation sites (tertiary alicyclic amines) is 1. The van der Waals surface area contributed by atoms with Gasteiger partial charge in [-0.3, -0.25) is 19.3 Å². The number of aliphatic hydroxyl groups is 2. The van der Waals surface area contributed by atoms with Crippen LogP contribution in [0.2, 0.25) is 0 Å². The standard InChI is InChI=1S/C31H43NO7/c1-3-10-20(17-22-11-7-8-12-25(22)34)14-15-26(35)28-21(4-2)18-23-29(24(28)19-33)31(39)32(30(23)38)16-9-5-6-13-27(36)37/h7-8,11-12,17,23-24,26,29,33-35H,3-6,9-10,13-16,18-19H2,1-2H3,(H,36,37)/b20-17+/t23-,24+,26-,29-/m1/s1. The molecule has 1 aromatic rings. The molecule has 2 amide bonds. The number of phenolic OH excluding ortho intramolecular Hbond substituents is 1. The Kier molecular flexibility index (Phi) is 11.3. The van der Waals surface area contributed by atoms with Crippen LogP contribution in [0.3, 0.4) is 0 Å². The van der Waals surface area contributed by atoms with E-state index >= 15 is 0 Å². The summed E-state index contributed by atoms with van der Waals surface area (Å²) < 4.78 is 0. The van der Waals surface area contributed by atoms with Crippen LogP contribution in [0.5, 0.6) is 5.75 Å². The molecule has 1 aromatic carbocycles. The van der Waals surface area contributed by atoms with Gasteiger partial charge in [0.2, 0.25) is 11.8 Å². The molecule has 1 heterocycles. The first-order valence-corrected chi connectivity index (χ1v) is 14.3. The molecule has 0 spiro atoms. The summed E-state index contributed by atoms with van der Waals surface area (Å²) in [5.74, 6) is -3.01. The Balaban J connectivity index is 1.75. The number of aliphatic hydroxyl groups excluding tert-OH is 2. The summed E-state index contributed by atoms with van der Waals surface area (Å²) in [5.41, 5.74) is 3.47. The summed E-state index contributed by atoms with van der Waals surface area (Å²) in [6.45, 7) is 3.98. The molecule has 0 radical (unpaired) electrons. The highest BCUT2D eigenvalue weighted by atomic mass is 16.4. The minimum atomic E-state index is -0.861. The van der Waals surface area contributed by atoms with Crippen molar-refractivity contribution in [1.29, 1.82) is 0 Å². The third-order valence-electron chi connectivity index (χ3n) is 8.14. The van der Waals surface area contributed by atoms with Crippen LogP contribution in [0.25, 0.3) is 6.08 Å². The first kappa shape index (κ1) is 30.6. The lowest BCUT2D eigenvalue weighted by molar-refractivity contribution is -0.141. The fourth-order valence-electron chi connectivity index (χ4n) is 6.20. The van der Waals surface area contributed by atoms with Crippen molar-refractivity contribution >= 4 is 23.9 Å². The predicted molar refractivity (Wildman–Crippen MR) is 149 cm³/mol. The molecule has 2 aliphatic rings. The number of aromatic hydroxyl groups is 1. The molecule has 0 aromatic heterocycles. The number of hydrogen-bond acceptors (Lipinski definition) is 6. The molecule has 0 saturated carbocycles. The van der Waals surface area contributed by atoms with Gasteiger partial charge in [0.05, 0.1) is 24.5 Å². The van der Waals surface area contributed by atoms with Crippen molar-refractivity contribution in [1.82, 2.24) is 4.90 Å². The Labute approximate surface area is 231 Å². The average molecular weight is 542 g/mol. The maximum absolute atomic E-state index is 13.4. The van der Waals surface area contributed by atoms with E-state index in [1.54, 1.807) is 12.1 Å². The molecule has 4 N–H and O–H groups in total. The summed E-state index contributed by atoms with van der Waals surface area (Å²) in [6, 6.07) is 7.14. The number of carbonyl (C=O) groups excluding carboxylic acids is 2. The Morgan fingerprint density at radius 1 is 1.08 bits per heavy atom. The quantitative estimate of drug-likeness (QED) is 0.144. The van der Waals surface area contributed by atoms with Gasteiger partial charge in [-0.15, -0.1) is 0 Å². The van der Waals surface area contributed by atoms with Crippen LogP contribution in [0.4, 0.5) is 0 Å². The lowest BCUT2D eigenvalue weighted by Gasteiger charge is -2.36. The van der Waals surface area contributed by atoms with Crippen molar-refractivity contribution < 1.29 is 34.8 Å². The van der Waals surface area contributed by atoms with E-state index < -0.39 is 29.8 Å². The van der Waals surface area contributed by atoms with Crippen molar-refractivity contribution in [2.45, 2.75) is 84.2 Å². The summed E-state index contributed by atoms with van der Waals surface area (Å²) in [7, 11) is 0. The topological polar surface area (TPSA) is 135 Å². The molecule has 8 heteroatoms. The van der Waals surface area contributed by atoms with Gasteiger partial charge < -0.3 is 20.4 Å². The van der Waals surface area contributed by atoms with Gasteiger partial charge in [-0.25, -0.2) is 0 Å². The molecule has 8 nitrogen and oxygen atoms in total. The van der Waals surface area contributed by atoms with Crippen LogP contribution in [0.15, 0.2) is 41.0 Å². The van der Waals surface area contributed by atoms with Gasteiger partial charge in [0.15, 0.2) is 0 Å². The number of carboxylic acids is 1. The maximum atomic E-state index is 13.4. The van der Waals surface area contributed by atoms with Gasteiger partial charge >= 0.3 is 5.97 Å². The zero-order chi connectivity index (χ0) is 28.5. The number of nitrogens with zero attached hydrogens (tertiary/aromatic N) is 1. The van der Waals surface area contributed by atoms with E-state index in [9.17, 15) is 29.7 Å². The molecule has 0 unspecified atom stereocenters. The number of para-hydroxylation sites is 1. The van der Waals surface area contributed by atoms with Gasteiger partial charge in [-0.1, -0.05) is 62.1 Å². The second kappa shape index (κ2) is 14.4. The summed E-state index contributed by atoms with van der Waals surface area (Å²) in [6.07, 6.45) is 6.61. The molecule has 1 fully saturated rings. The van der Waals surface area contributed by atoms with E-state index in [1.807, 2.05) is 25.1 Å². The third-order valence-corrected chi connectivity index (χ3v) is 8.14. The SMILES string of the molecule is CCC/C(=C\c1ccccc1O)CC[C@@H](O)C1=C(CC)C[C@H]2C(=O)N(CCCCCC(=O)O)C(=O)[C@H]2[C@H]1CO. The number of carboxylic acid groups (broad SMARTS) is 1. The zero-order valence-corrected chi connectivity index (χ0v) is 23.1. The molecular weight excluding hydrogens is 498 g/mol. The number of carbonyl (C=O) groups is 3. The number of imide groups is 1. The number of hydrogen-bond donors (Lipinski definition) is 4. The first-order valence-electron chi connectivity index (χ1n) is 14.3. The fourth-order valence-corrected chi connectivity index (χ4v) is 6.20. The maximum Gasteiger partial charge on any atom is 0.303 e. The molecule has 39 heavy (non-hydrogen) atoms. The molecule has 1 aliphatic heterocycles. The van der Waals surface area contributed by atoms with Crippen LogP contribution in [0.1, 0.15) is 83.6 Å². The van der Waals surface area contributed by atoms with Gasteiger partial charge in [0, 0.05) is 24.4 Å². The van der Waals surface area contributed by atoms with E-state index in [0.29, 0.717) is 50.5 Å². The lowest BCUT2D eigenvalue weighted by atomic mass is 9.67. The van der Waals surface area contributed by atoms with Gasteiger partial charge in [-0.2, -0.15) is 0 Å².